The normalized spacial score (nSPS) is 10.8. The fraction of sp³-hybridized carbons (Fsp3) is 0.0667. The van der Waals surface area contributed by atoms with Crippen LogP contribution >= 0.6 is 11.6 Å². The Morgan fingerprint density at radius 2 is 1.56 bits per heavy atom. The van der Waals surface area contributed by atoms with Gasteiger partial charge >= 0.3 is 0 Å². The van der Waals surface area contributed by atoms with Crippen LogP contribution < -0.4 is 0 Å². The molecule has 0 unspecified atom stereocenters. The van der Waals surface area contributed by atoms with Gasteiger partial charge in [0.2, 0.25) is 0 Å². The molecule has 0 aliphatic carbocycles. The lowest BCUT2D eigenvalue weighted by Crippen LogP contribution is -1.78. The predicted molar refractivity (Wildman–Crippen MR) is 70.6 cm³/mol. The summed E-state index contributed by atoms with van der Waals surface area (Å²) < 4.78 is 0. The summed E-state index contributed by atoms with van der Waals surface area (Å²) in [5.74, 6) is 0. The molecule has 1 heteroatoms. The molecule has 0 atom stereocenters. The molecular formula is C15H13Cl. The van der Waals surface area contributed by atoms with Crippen molar-refractivity contribution in [2.75, 3.05) is 0 Å². The third-order valence-electron chi connectivity index (χ3n) is 2.38. The number of allylic oxidation sites excluding steroid dienone is 1. The van der Waals surface area contributed by atoms with Gasteiger partial charge in [-0.05, 0) is 29.7 Å². The minimum absolute atomic E-state index is 0.778. The van der Waals surface area contributed by atoms with E-state index in [0.717, 1.165) is 11.4 Å². The SMILES string of the molecule is Clc1ccc(/C=C/Cc2ccccc2)cc1. The largest absolute Gasteiger partial charge is 0.0843 e. The van der Waals surface area contributed by atoms with Crippen LogP contribution in [0.3, 0.4) is 0 Å². The maximum atomic E-state index is 5.82. The summed E-state index contributed by atoms with van der Waals surface area (Å²) in [6.45, 7) is 0. The average molecular weight is 229 g/mol. The second-order valence-corrected chi connectivity index (χ2v) is 4.08. The van der Waals surface area contributed by atoms with Crippen LogP contribution in [0, 0.1) is 0 Å². The molecule has 0 saturated heterocycles. The van der Waals surface area contributed by atoms with Crippen molar-refractivity contribution in [3.8, 4) is 0 Å². The van der Waals surface area contributed by atoms with Gasteiger partial charge in [-0.3, -0.25) is 0 Å². The Kier molecular flexibility index (Phi) is 3.79. The summed E-state index contributed by atoms with van der Waals surface area (Å²) in [7, 11) is 0. The summed E-state index contributed by atoms with van der Waals surface area (Å²) in [4.78, 5) is 0. The fourth-order valence-electron chi connectivity index (χ4n) is 1.52. The van der Waals surface area contributed by atoms with Crippen molar-refractivity contribution in [2.24, 2.45) is 0 Å². The number of hydrogen-bond donors (Lipinski definition) is 0. The Labute approximate surface area is 101 Å². The van der Waals surface area contributed by atoms with Gasteiger partial charge in [0.15, 0.2) is 0 Å². The Bertz CT molecular complexity index is 455. The third-order valence-corrected chi connectivity index (χ3v) is 2.63. The van der Waals surface area contributed by atoms with Gasteiger partial charge in [0.05, 0.1) is 0 Å². The van der Waals surface area contributed by atoms with Gasteiger partial charge in [-0.1, -0.05) is 66.2 Å². The number of halogens is 1. The quantitative estimate of drug-likeness (QED) is 0.721. The Hall–Kier alpha value is -1.53. The van der Waals surface area contributed by atoms with Crippen LogP contribution in [0.1, 0.15) is 11.1 Å². The van der Waals surface area contributed by atoms with Gasteiger partial charge in [0.1, 0.15) is 0 Å². The lowest BCUT2D eigenvalue weighted by Gasteiger charge is -1.95. The zero-order valence-corrected chi connectivity index (χ0v) is 9.69. The van der Waals surface area contributed by atoms with E-state index in [1.54, 1.807) is 0 Å². The maximum Gasteiger partial charge on any atom is 0.0406 e. The molecule has 80 valence electrons. The predicted octanol–water partition coefficient (Wildman–Crippen LogP) is 4.60. The summed E-state index contributed by atoms with van der Waals surface area (Å²) in [6, 6.07) is 18.3. The smallest absolute Gasteiger partial charge is 0.0406 e. The van der Waals surface area contributed by atoms with Crippen LogP contribution in [0.4, 0.5) is 0 Å². The first-order valence-corrected chi connectivity index (χ1v) is 5.68. The van der Waals surface area contributed by atoms with Crippen LogP contribution in [-0.4, -0.2) is 0 Å². The molecule has 2 rings (SSSR count). The van der Waals surface area contributed by atoms with E-state index < -0.39 is 0 Å². The summed E-state index contributed by atoms with van der Waals surface area (Å²) >= 11 is 5.82. The molecule has 0 amide bonds. The van der Waals surface area contributed by atoms with E-state index >= 15 is 0 Å². The molecule has 0 bridgehead atoms. The molecule has 0 aliphatic rings. The third kappa shape index (κ3) is 3.25. The van der Waals surface area contributed by atoms with E-state index in [1.165, 1.54) is 11.1 Å². The van der Waals surface area contributed by atoms with E-state index in [2.05, 4.69) is 36.4 Å². The first-order valence-electron chi connectivity index (χ1n) is 5.30. The molecule has 0 aromatic heterocycles. The molecule has 0 heterocycles. The molecule has 0 saturated carbocycles. The molecule has 2 aromatic carbocycles. The lowest BCUT2D eigenvalue weighted by atomic mass is 10.1. The molecule has 16 heavy (non-hydrogen) atoms. The topological polar surface area (TPSA) is 0 Å². The van der Waals surface area contributed by atoms with Gasteiger partial charge in [-0.2, -0.15) is 0 Å². The van der Waals surface area contributed by atoms with E-state index in [-0.39, 0.29) is 0 Å². The van der Waals surface area contributed by atoms with Crippen molar-refractivity contribution in [2.45, 2.75) is 6.42 Å². The number of hydrogen-bond acceptors (Lipinski definition) is 0. The highest BCUT2D eigenvalue weighted by Crippen LogP contribution is 2.11. The van der Waals surface area contributed by atoms with Gasteiger partial charge in [-0.25, -0.2) is 0 Å². The van der Waals surface area contributed by atoms with Crippen LogP contribution in [-0.2, 0) is 6.42 Å². The highest BCUT2D eigenvalue weighted by molar-refractivity contribution is 6.30. The second kappa shape index (κ2) is 5.53. The van der Waals surface area contributed by atoms with E-state index in [4.69, 9.17) is 11.6 Å². The van der Waals surface area contributed by atoms with Crippen molar-refractivity contribution < 1.29 is 0 Å². The summed E-state index contributed by atoms with van der Waals surface area (Å²) in [6.07, 6.45) is 5.24. The molecular weight excluding hydrogens is 216 g/mol. The van der Waals surface area contributed by atoms with Gasteiger partial charge in [0, 0.05) is 5.02 Å². The highest BCUT2D eigenvalue weighted by Gasteiger charge is 1.88. The van der Waals surface area contributed by atoms with Gasteiger partial charge in [-0.15, -0.1) is 0 Å². The first kappa shape index (κ1) is 11.0. The molecule has 0 aliphatic heterocycles. The highest BCUT2D eigenvalue weighted by atomic mass is 35.5. The summed E-state index contributed by atoms with van der Waals surface area (Å²) in [5.41, 5.74) is 2.51. The van der Waals surface area contributed by atoms with Crippen molar-refractivity contribution in [1.82, 2.24) is 0 Å². The van der Waals surface area contributed by atoms with Gasteiger partial charge < -0.3 is 0 Å². The number of rotatable bonds is 3. The van der Waals surface area contributed by atoms with Crippen molar-refractivity contribution in [1.29, 1.82) is 0 Å². The Morgan fingerprint density at radius 3 is 2.25 bits per heavy atom. The standard InChI is InChI=1S/C15H13Cl/c16-15-11-9-14(10-12-15)8-4-7-13-5-2-1-3-6-13/h1-6,8-12H,7H2/b8-4+. The Balaban J connectivity index is 1.98. The molecule has 0 spiro atoms. The van der Waals surface area contributed by atoms with Crippen LogP contribution in [0.15, 0.2) is 60.7 Å². The van der Waals surface area contributed by atoms with E-state index in [9.17, 15) is 0 Å². The maximum absolute atomic E-state index is 5.82. The van der Waals surface area contributed by atoms with Crippen LogP contribution in [0.25, 0.3) is 6.08 Å². The van der Waals surface area contributed by atoms with Crippen molar-refractivity contribution in [3.05, 3.63) is 76.8 Å². The molecule has 0 radical (unpaired) electrons. The molecule has 0 nitrogen and oxygen atoms in total. The van der Waals surface area contributed by atoms with Gasteiger partial charge in [0.25, 0.3) is 0 Å². The van der Waals surface area contributed by atoms with E-state index in [0.29, 0.717) is 0 Å². The molecule has 0 fully saturated rings. The van der Waals surface area contributed by atoms with Crippen molar-refractivity contribution >= 4 is 17.7 Å². The number of benzene rings is 2. The molecule has 0 N–H and O–H groups in total. The fourth-order valence-corrected chi connectivity index (χ4v) is 1.65. The Morgan fingerprint density at radius 1 is 0.875 bits per heavy atom. The zero-order chi connectivity index (χ0) is 11.2. The second-order valence-electron chi connectivity index (χ2n) is 3.64. The van der Waals surface area contributed by atoms with Crippen LogP contribution in [0.2, 0.25) is 5.02 Å². The van der Waals surface area contributed by atoms with E-state index in [1.807, 2.05) is 30.3 Å². The summed E-state index contributed by atoms with van der Waals surface area (Å²) in [5, 5.41) is 0.778. The van der Waals surface area contributed by atoms with Crippen molar-refractivity contribution in [3.63, 3.8) is 0 Å². The monoisotopic (exact) mass is 228 g/mol. The first-order chi connectivity index (χ1) is 7.84. The lowest BCUT2D eigenvalue weighted by molar-refractivity contribution is 1.28. The minimum Gasteiger partial charge on any atom is -0.0843 e. The van der Waals surface area contributed by atoms with Crippen LogP contribution in [0.5, 0.6) is 0 Å². The average Bonchev–Trinajstić information content (AvgIpc) is 2.33. The zero-order valence-electron chi connectivity index (χ0n) is 8.94. The minimum atomic E-state index is 0.778. The molecule has 2 aromatic rings.